The Morgan fingerprint density at radius 3 is 2.50 bits per heavy atom. The molecule has 3 aromatic carbocycles. The lowest BCUT2D eigenvalue weighted by Crippen LogP contribution is -2.49. The van der Waals surface area contributed by atoms with Gasteiger partial charge in [-0.3, -0.25) is 14.5 Å². The summed E-state index contributed by atoms with van der Waals surface area (Å²) < 4.78 is 16.4. The van der Waals surface area contributed by atoms with Crippen molar-refractivity contribution in [3.05, 3.63) is 88.4 Å². The number of nitrogens with one attached hydrogen (secondary N) is 1. The molecule has 0 saturated carbocycles. The van der Waals surface area contributed by atoms with Crippen LogP contribution in [-0.4, -0.2) is 74.7 Å². The highest BCUT2D eigenvalue weighted by molar-refractivity contribution is 6.32. The summed E-state index contributed by atoms with van der Waals surface area (Å²) in [4.78, 5) is 32.3. The Morgan fingerprint density at radius 1 is 1.05 bits per heavy atom. The summed E-state index contributed by atoms with van der Waals surface area (Å²) in [6.45, 7) is 6.63. The summed E-state index contributed by atoms with van der Waals surface area (Å²) in [5.41, 5.74) is 2.65. The molecule has 1 saturated heterocycles. The van der Waals surface area contributed by atoms with Crippen molar-refractivity contribution in [3.8, 4) is 11.5 Å². The van der Waals surface area contributed by atoms with Crippen LogP contribution in [0, 0.1) is 0 Å². The largest absolute Gasteiger partial charge is 0.495 e. The van der Waals surface area contributed by atoms with Gasteiger partial charge in [-0.25, -0.2) is 0 Å². The number of nitrogens with zero attached hydrogens (tertiary/aromatic N) is 2. The fourth-order valence-corrected chi connectivity index (χ4v) is 5.72. The normalized spacial score (nSPS) is 19.2. The molecule has 5 rings (SSSR count). The highest BCUT2D eigenvalue weighted by atomic mass is 35.5. The Kier molecular flexibility index (Phi) is 8.89. The number of amides is 2. The van der Waals surface area contributed by atoms with Crippen molar-refractivity contribution in [1.82, 2.24) is 9.80 Å². The van der Waals surface area contributed by atoms with E-state index in [2.05, 4.69) is 10.2 Å². The molecule has 1 fully saturated rings. The number of carbonyl (C=O) groups excluding carboxylic acids is 2. The Labute approximate surface area is 239 Å². The van der Waals surface area contributed by atoms with Gasteiger partial charge in [0.2, 0.25) is 5.91 Å². The summed E-state index contributed by atoms with van der Waals surface area (Å²) in [6.07, 6.45) is 0. The highest BCUT2D eigenvalue weighted by Crippen LogP contribution is 2.44. The van der Waals surface area contributed by atoms with Crippen molar-refractivity contribution in [3.63, 3.8) is 0 Å². The average Bonchev–Trinajstić information content (AvgIpc) is 2.98. The Hall–Kier alpha value is -3.59. The first-order chi connectivity index (χ1) is 19.5. The van der Waals surface area contributed by atoms with Gasteiger partial charge in [-0.05, 0) is 54.4 Å². The third-order valence-electron chi connectivity index (χ3n) is 7.43. The lowest BCUT2D eigenvalue weighted by molar-refractivity contribution is -0.119. The summed E-state index contributed by atoms with van der Waals surface area (Å²) >= 11 is 6.35. The third-order valence-corrected chi connectivity index (χ3v) is 7.73. The lowest BCUT2D eigenvalue weighted by atomic mass is 9.79. The summed E-state index contributed by atoms with van der Waals surface area (Å²) in [5.74, 6) is 0.297. The van der Waals surface area contributed by atoms with Crippen molar-refractivity contribution in [2.75, 3.05) is 58.4 Å². The number of ether oxygens (including phenoxy) is 3. The smallest absolute Gasteiger partial charge is 0.254 e. The van der Waals surface area contributed by atoms with E-state index in [1.807, 2.05) is 54.3 Å². The molecule has 2 aliphatic rings. The van der Waals surface area contributed by atoms with Gasteiger partial charge in [0.25, 0.3) is 5.91 Å². The maximum Gasteiger partial charge on any atom is 0.254 e. The topological polar surface area (TPSA) is 80.3 Å². The van der Waals surface area contributed by atoms with E-state index in [4.69, 9.17) is 25.8 Å². The van der Waals surface area contributed by atoms with Gasteiger partial charge in [0.1, 0.15) is 11.5 Å². The van der Waals surface area contributed by atoms with Gasteiger partial charge in [-0.1, -0.05) is 41.9 Å². The zero-order valence-corrected chi connectivity index (χ0v) is 23.5. The van der Waals surface area contributed by atoms with Crippen molar-refractivity contribution >= 4 is 29.1 Å². The first kappa shape index (κ1) is 28.0. The van der Waals surface area contributed by atoms with Gasteiger partial charge in [0.15, 0.2) is 0 Å². The van der Waals surface area contributed by atoms with Crippen molar-refractivity contribution < 1.29 is 23.8 Å². The molecule has 0 aromatic heterocycles. The molecule has 0 spiro atoms. The standard InChI is InChI=1S/C31H34ClN3O5/c1-3-40-23-11-8-21(9-12-23)29-28(30(36)33-22-10-13-27(38-2)26(32)20-22)24-6-4-5-7-25(24)31(37)35(29)15-14-34-16-18-39-19-17-34/h4-13,20,28-29H,3,14-19H2,1-2H3,(H,33,36)/t28-,29+/m1/s1. The van der Waals surface area contributed by atoms with E-state index in [-0.39, 0.29) is 11.8 Å². The van der Waals surface area contributed by atoms with Crippen molar-refractivity contribution in [2.45, 2.75) is 18.9 Å². The number of anilines is 1. The molecule has 0 bridgehead atoms. The number of methoxy groups -OCH3 is 1. The summed E-state index contributed by atoms with van der Waals surface area (Å²) in [6, 6.07) is 19.7. The predicted molar refractivity (Wildman–Crippen MR) is 154 cm³/mol. The van der Waals surface area contributed by atoms with E-state index >= 15 is 0 Å². The van der Waals surface area contributed by atoms with E-state index < -0.39 is 12.0 Å². The van der Waals surface area contributed by atoms with Gasteiger partial charge in [0, 0.05) is 37.4 Å². The molecular weight excluding hydrogens is 530 g/mol. The maximum atomic E-state index is 14.1. The molecule has 0 radical (unpaired) electrons. The third kappa shape index (κ3) is 5.94. The number of carbonyl (C=O) groups is 2. The van der Waals surface area contributed by atoms with E-state index in [0.29, 0.717) is 60.5 Å². The molecular formula is C31H34ClN3O5. The lowest BCUT2D eigenvalue weighted by Gasteiger charge is -2.42. The summed E-state index contributed by atoms with van der Waals surface area (Å²) in [7, 11) is 1.54. The molecule has 2 atom stereocenters. The number of benzene rings is 3. The van der Waals surface area contributed by atoms with E-state index in [0.717, 1.165) is 24.4 Å². The van der Waals surface area contributed by atoms with E-state index in [9.17, 15) is 9.59 Å². The fourth-order valence-electron chi connectivity index (χ4n) is 5.46. The summed E-state index contributed by atoms with van der Waals surface area (Å²) in [5, 5.41) is 3.45. The monoisotopic (exact) mass is 563 g/mol. The van der Waals surface area contributed by atoms with Crippen LogP contribution in [0.5, 0.6) is 11.5 Å². The molecule has 8 nitrogen and oxygen atoms in total. The number of halogens is 1. The Bertz CT molecular complexity index is 1340. The first-order valence-electron chi connectivity index (χ1n) is 13.6. The molecule has 2 amide bonds. The molecule has 2 heterocycles. The van der Waals surface area contributed by atoms with Gasteiger partial charge < -0.3 is 24.4 Å². The molecule has 0 unspecified atom stereocenters. The van der Waals surface area contributed by atoms with Gasteiger partial charge in [0.05, 0.1) is 43.9 Å². The SMILES string of the molecule is CCOc1ccc([C@H]2[C@H](C(=O)Nc3ccc(OC)c(Cl)c3)c3ccccc3C(=O)N2CCN2CCOCC2)cc1. The minimum absolute atomic E-state index is 0.0840. The minimum Gasteiger partial charge on any atom is -0.495 e. The van der Waals surface area contributed by atoms with Crippen LogP contribution >= 0.6 is 11.6 Å². The Morgan fingerprint density at radius 2 is 1.80 bits per heavy atom. The van der Waals surface area contributed by atoms with Gasteiger partial charge >= 0.3 is 0 Å². The van der Waals surface area contributed by atoms with Crippen molar-refractivity contribution in [1.29, 1.82) is 0 Å². The van der Waals surface area contributed by atoms with Gasteiger partial charge in [-0.15, -0.1) is 0 Å². The number of hydrogen-bond acceptors (Lipinski definition) is 6. The van der Waals surface area contributed by atoms with Crippen LogP contribution in [0.2, 0.25) is 5.02 Å². The van der Waals surface area contributed by atoms with Crippen LogP contribution in [0.4, 0.5) is 5.69 Å². The van der Waals surface area contributed by atoms with Crippen LogP contribution < -0.4 is 14.8 Å². The molecule has 2 aliphatic heterocycles. The first-order valence-corrected chi connectivity index (χ1v) is 13.9. The van der Waals surface area contributed by atoms with Crippen LogP contribution in [0.3, 0.4) is 0 Å². The van der Waals surface area contributed by atoms with Crippen LogP contribution in [0.25, 0.3) is 0 Å². The molecule has 40 heavy (non-hydrogen) atoms. The zero-order chi connectivity index (χ0) is 28.1. The fraction of sp³-hybridized carbons (Fsp3) is 0.355. The average molecular weight is 564 g/mol. The van der Waals surface area contributed by atoms with E-state index in [1.54, 1.807) is 31.4 Å². The molecule has 0 aliphatic carbocycles. The predicted octanol–water partition coefficient (Wildman–Crippen LogP) is 5.00. The second kappa shape index (κ2) is 12.7. The van der Waals surface area contributed by atoms with Crippen LogP contribution in [0.1, 0.15) is 40.4 Å². The second-order valence-corrected chi connectivity index (χ2v) is 10.2. The van der Waals surface area contributed by atoms with E-state index in [1.165, 1.54) is 0 Å². The molecule has 210 valence electrons. The minimum atomic E-state index is -0.655. The van der Waals surface area contributed by atoms with Crippen LogP contribution in [0.15, 0.2) is 66.7 Å². The quantitative estimate of drug-likeness (QED) is 0.395. The molecule has 1 N–H and O–H groups in total. The number of fused-ring (bicyclic) bond motifs is 1. The number of hydrogen-bond donors (Lipinski definition) is 1. The van der Waals surface area contributed by atoms with Crippen LogP contribution in [-0.2, 0) is 9.53 Å². The highest BCUT2D eigenvalue weighted by Gasteiger charge is 2.44. The maximum absolute atomic E-state index is 14.1. The zero-order valence-electron chi connectivity index (χ0n) is 22.8. The van der Waals surface area contributed by atoms with Crippen molar-refractivity contribution in [2.24, 2.45) is 0 Å². The molecule has 3 aromatic rings. The van der Waals surface area contributed by atoms with Gasteiger partial charge in [-0.2, -0.15) is 0 Å². The second-order valence-electron chi connectivity index (χ2n) is 9.80. The molecule has 9 heteroatoms. The number of rotatable bonds is 9. The Balaban J connectivity index is 1.54. The number of morpholine rings is 1.